The van der Waals surface area contributed by atoms with E-state index in [0.29, 0.717) is 18.6 Å². The summed E-state index contributed by atoms with van der Waals surface area (Å²) in [5.41, 5.74) is 0.965. The van der Waals surface area contributed by atoms with Gasteiger partial charge in [0.15, 0.2) is 0 Å². The molecular weight excluding hydrogens is 253 g/mol. The monoisotopic (exact) mass is 279 g/mol. The Morgan fingerprint density at radius 3 is 2.70 bits per heavy atom. The summed E-state index contributed by atoms with van der Waals surface area (Å²) in [6, 6.07) is 2.57. The number of anilines is 1. The van der Waals surface area contributed by atoms with Crippen LogP contribution in [0.1, 0.15) is 52.0 Å². The summed E-state index contributed by atoms with van der Waals surface area (Å²) >= 11 is 0. The van der Waals surface area contributed by atoms with E-state index in [1.54, 1.807) is 6.07 Å². The third-order valence-corrected chi connectivity index (χ3v) is 3.99. The Labute approximate surface area is 121 Å². The van der Waals surface area contributed by atoms with E-state index in [1.807, 2.05) is 0 Å². The van der Waals surface area contributed by atoms with Crippen molar-refractivity contribution < 1.29 is 4.39 Å². The van der Waals surface area contributed by atoms with Crippen molar-refractivity contribution in [3.63, 3.8) is 0 Å². The van der Waals surface area contributed by atoms with Crippen LogP contribution in [0.2, 0.25) is 0 Å². The summed E-state index contributed by atoms with van der Waals surface area (Å²) in [5.74, 6) is 0.700. The molecule has 2 rings (SSSR count). The van der Waals surface area contributed by atoms with Crippen LogP contribution in [0, 0.1) is 5.82 Å². The molecule has 0 aromatic carbocycles. The predicted octanol–water partition coefficient (Wildman–Crippen LogP) is 3.49. The standard InChI is InChI=1S/C16H26FN3/c1-4-20(15-7-5-6-8-15)16-13(10-18-12(2)3)9-14(17)11-19-16/h9,11-12,15,18H,4-8,10H2,1-3H3. The highest BCUT2D eigenvalue weighted by molar-refractivity contribution is 5.48. The summed E-state index contributed by atoms with van der Waals surface area (Å²) < 4.78 is 13.5. The van der Waals surface area contributed by atoms with Gasteiger partial charge >= 0.3 is 0 Å². The van der Waals surface area contributed by atoms with Crippen molar-refractivity contribution in [1.82, 2.24) is 10.3 Å². The number of pyridine rings is 1. The molecule has 3 nitrogen and oxygen atoms in total. The molecule has 0 unspecified atom stereocenters. The number of nitrogens with zero attached hydrogens (tertiary/aromatic N) is 2. The van der Waals surface area contributed by atoms with Crippen molar-refractivity contribution in [2.75, 3.05) is 11.4 Å². The van der Waals surface area contributed by atoms with E-state index in [0.717, 1.165) is 17.9 Å². The van der Waals surface area contributed by atoms with E-state index in [4.69, 9.17) is 0 Å². The van der Waals surface area contributed by atoms with E-state index in [9.17, 15) is 4.39 Å². The molecule has 4 heteroatoms. The van der Waals surface area contributed by atoms with Gasteiger partial charge in [-0.1, -0.05) is 26.7 Å². The largest absolute Gasteiger partial charge is 0.354 e. The maximum absolute atomic E-state index is 13.5. The van der Waals surface area contributed by atoms with Gasteiger partial charge in [0.2, 0.25) is 0 Å². The molecule has 0 spiro atoms. The quantitative estimate of drug-likeness (QED) is 0.864. The average molecular weight is 279 g/mol. The molecule has 0 atom stereocenters. The highest BCUT2D eigenvalue weighted by Gasteiger charge is 2.24. The van der Waals surface area contributed by atoms with Gasteiger partial charge in [0.25, 0.3) is 0 Å². The van der Waals surface area contributed by atoms with E-state index < -0.39 is 0 Å². The molecule has 0 aliphatic heterocycles. The first kappa shape index (κ1) is 15.2. The Morgan fingerprint density at radius 1 is 1.40 bits per heavy atom. The van der Waals surface area contributed by atoms with Crippen LogP contribution in [0.3, 0.4) is 0 Å². The topological polar surface area (TPSA) is 28.2 Å². The maximum Gasteiger partial charge on any atom is 0.141 e. The molecule has 112 valence electrons. The first-order valence-electron chi connectivity index (χ1n) is 7.76. The minimum absolute atomic E-state index is 0.253. The number of hydrogen-bond donors (Lipinski definition) is 1. The minimum Gasteiger partial charge on any atom is -0.354 e. The van der Waals surface area contributed by atoms with Crippen molar-refractivity contribution in [3.05, 3.63) is 23.6 Å². The first-order valence-corrected chi connectivity index (χ1v) is 7.76. The molecule has 1 fully saturated rings. The predicted molar refractivity (Wildman–Crippen MR) is 81.4 cm³/mol. The van der Waals surface area contributed by atoms with Crippen LogP contribution < -0.4 is 10.2 Å². The minimum atomic E-state index is -0.253. The molecule has 1 aromatic heterocycles. The van der Waals surface area contributed by atoms with Crippen LogP contribution in [-0.4, -0.2) is 23.6 Å². The third kappa shape index (κ3) is 3.69. The lowest BCUT2D eigenvalue weighted by Gasteiger charge is -2.30. The molecule has 0 saturated heterocycles. The smallest absolute Gasteiger partial charge is 0.141 e. The fourth-order valence-corrected chi connectivity index (χ4v) is 2.97. The normalized spacial score (nSPS) is 16.1. The second-order valence-electron chi connectivity index (χ2n) is 5.90. The van der Waals surface area contributed by atoms with Gasteiger partial charge < -0.3 is 10.2 Å². The first-order chi connectivity index (χ1) is 9.61. The number of halogens is 1. The van der Waals surface area contributed by atoms with Crippen molar-refractivity contribution >= 4 is 5.82 Å². The van der Waals surface area contributed by atoms with Crippen LogP contribution >= 0.6 is 0 Å². The van der Waals surface area contributed by atoms with Crippen LogP contribution in [0.4, 0.5) is 10.2 Å². The summed E-state index contributed by atoms with van der Waals surface area (Å²) in [6.07, 6.45) is 6.38. The Morgan fingerprint density at radius 2 is 2.10 bits per heavy atom. The van der Waals surface area contributed by atoms with Crippen LogP contribution in [0.25, 0.3) is 0 Å². The zero-order chi connectivity index (χ0) is 14.5. The Kier molecular flexibility index (Phi) is 5.35. The van der Waals surface area contributed by atoms with Crippen LogP contribution in [-0.2, 0) is 6.54 Å². The van der Waals surface area contributed by atoms with Crippen molar-refractivity contribution in [1.29, 1.82) is 0 Å². The number of hydrogen-bond acceptors (Lipinski definition) is 3. The highest BCUT2D eigenvalue weighted by Crippen LogP contribution is 2.29. The van der Waals surface area contributed by atoms with Crippen LogP contribution in [0.15, 0.2) is 12.3 Å². The Hall–Kier alpha value is -1.16. The average Bonchev–Trinajstić information content (AvgIpc) is 2.93. The SMILES string of the molecule is CCN(c1ncc(F)cc1CNC(C)C)C1CCCC1. The lowest BCUT2D eigenvalue weighted by Crippen LogP contribution is -2.35. The second kappa shape index (κ2) is 7.02. The van der Waals surface area contributed by atoms with Gasteiger partial charge in [0, 0.05) is 30.7 Å². The van der Waals surface area contributed by atoms with Crippen molar-refractivity contribution in [2.45, 2.75) is 65.1 Å². The van der Waals surface area contributed by atoms with E-state index in [1.165, 1.54) is 31.9 Å². The molecular formula is C16H26FN3. The summed E-state index contributed by atoms with van der Waals surface area (Å²) in [6.45, 7) is 7.95. The number of aromatic nitrogens is 1. The molecule has 1 aliphatic carbocycles. The molecule has 1 saturated carbocycles. The molecule has 0 amide bonds. The summed E-state index contributed by atoms with van der Waals surface area (Å²) in [5, 5.41) is 3.37. The van der Waals surface area contributed by atoms with Crippen molar-refractivity contribution in [3.8, 4) is 0 Å². The molecule has 0 bridgehead atoms. The van der Waals surface area contributed by atoms with Crippen molar-refractivity contribution in [2.24, 2.45) is 0 Å². The van der Waals surface area contributed by atoms with Gasteiger partial charge in [-0.05, 0) is 25.8 Å². The highest BCUT2D eigenvalue weighted by atomic mass is 19.1. The lowest BCUT2D eigenvalue weighted by atomic mass is 10.1. The van der Waals surface area contributed by atoms with Gasteiger partial charge in [0.1, 0.15) is 11.6 Å². The molecule has 1 aliphatic rings. The lowest BCUT2D eigenvalue weighted by molar-refractivity contribution is 0.566. The number of rotatable bonds is 6. The van der Waals surface area contributed by atoms with Crippen LogP contribution in [0.5, 0.6) is 0 Å². The zero-order valence-corrected chi connectivity index (χ0v) is 12.8. The van der Waals surface area contributed by atoms with Gasteiger partial charge in [-0.15, -0.1) is 0 Å². The van der Waals surface area contributed by atoms with E-state index >= 15 is 0 Å². The van der Waals surface area contributed by atoms with E-state index in [2.05, 4.69) is 36.0 Å². The van der Waals surface area contributed by atoms with Gasteiger partial charge in [0.05, 0.1) is 6.20 Å². The van der Waals surface area contributed by atoms with Gasteiger partial charge in [-0.3, -0.25) is 0 Å². The Balaban J connectivity index is 2.23. The molecule has 1 N–H and O–H groups in total. The molecule has 1 aromatic rings. The summed E-state index contributed by atoms with van der Waals surface area (Å²) in [4.78, 5) is 6.73. The Bertz CT molecular complexity index is 428. The second-order valence-corrected chi connectivity index (χ2v) is 5.90. The molecule has 0 radical (unpaired) electrons. The van der Waals surface area contributed by atoms with Gasteiger partial charge in [-0.25, -0.2) is 9.37 Å². The fourth-order valence-electron chi connectivity index (χ4n) is 2.97. The third-order valence-electron chi connectivity index (χ3n) is 3.99. The summed E-state index contributed by atoms with van der Waals surface area (Å²) in [7, 11) is 0. The van der Waals surface area contributed by atoms with E-state index in [-0.39, 0.29) is 5.82 Å². The molecule has 20 heavy (non-hydrogen) atoms. The van der Waals surface area contributed by atoms with Gasteiger partial charge in [-0.2, -0.15) is 0 Å². The fraction of sp³-hybridized carbons (Fsp3) is 0.688. The molecule has 1 heterocycles. The number of nitrogens with one attached hydrogen (secondary N) is 1. The maximum atomic E-state index is 13.5. The zero-order valence-electron chi connectivity index (χ0n) is 12.8.